The average molecular weight is 563 g/mol. The van der Waals surface area contributed by atoms with Crippen molar-refractivity contribution in [2.24, 2.45) is 12.5 Å². The van der Waals surface area contributed by atoms with E-state index in [1.165, 1.54) is 0 Å². The van der Waals surface area contributed by atoms with Gasteiger partial charge in [0.1, 0.15) is 18.2 Å². The van der Waals surface area contributed by atoms with Gasteiger partial charge in [-0.1, -0.05) is 6.07 Å². The van der Waals surface area contributed by atoms with Gasteiger partial charge in [-0.2, -0.15) is 4.98 Å². The quantitative estimate of drug-likeness (QED) is 0.311. The summed E-state index contributed by atoms with van der Waals surface area (Å²) >= 11 is 0. The molecule has 3 N–H and O–H groups in total. The maximum atomic E-state index is 13.3. The maximum absolute atomic E-state index is 13.3. The van der Waals surface area contributed by atoms with E-state index in [1.54, 1.807) is 30.2 Å². The summed E-state index contributed by atoms with van der Waals surface area (Å²) in [5, 5.41) is 7.90. The van der Waals surface area contributed by atoms with Crippen LogP contribution in [0, 0.1) is 5.41 Å². The first kappa shape index (κ1) is 26.8. The second kappa shape index (κ2) is 10.2. The summed E-state index contributed by atoms with van der Waals surface area (Å²) in [6.45, 7) is 2.46. The first-order chi connectivity index (χ1) is 19.6. The molecule has 1 saturated heterocycles. The highest BCUT2D eigenvalue weighted by Crippen LogP contribution is 2.57. The lowest BCUT2D eigenvalue weighted by Gasteiger charge is -2.59. The smallest absolute Gasteiger partial charge is 0.249 e. The maximum Gasteiger partial charge on any atom is 0.249 e. The molecule has 0 unspecified atom stereocenters. The number of likely N-dealkylation sites (N-methyl/N-ethyl adjacent to an activating group) is 1. The molecule has 1 aromatic carbocycles. The number of aryl methyl sites for hydroxylation is 1. The number of hydrogen-bond donors (Lipinski definition) is 2. The molecular weight excluding hydrogens is 530 g/mol. The highest BCUT2D eigenvalue weighted by Gasteiger charge is 2.61. The van der Waals surface area contributed by atoms with Crippen LogP contribution in [0.1, 0.15) is 12.8 Å². The minimum atomic E-state index is -2.51. The molecule has 2 aliphatic rings. The Hall–Kier alpha value is -4.39. The number of benzene rings is 1. The van der Waals surface area contributed by atoms with Gasteiger partial charge in [-0.05, 0) is 44.4 Å². The molecule has 3 aromatic heterocycles. The minimum absolute atomic E-state index is 0.0252. The van der Waals surface area contributed by atoms with E-state index in [-0.39, 0.29) is 24.2 Å². The van der Waals surface area contributed by atoms with Gasteiger partial charge in [-0.3, -0.25) is 0 Å². The fourth-order valence-corrected chi connectivity index (χ4v) is 5.41. The number of aromatic nitrogens is 6. The van der Waals surface area contributed by atoms with Crippen molar-refractivity contribution < 1.29 is 13.5 Å². The van der Waals surface area contributed by atoms with E-state index in [4.69, 9.17) is 15.5 Å². The number of alkyl halides is 2. The predicted octanol–water partition coefficient (Wildman–Crippen LogP) is 3.84. The number of hydrogen-bond acceptors (Lipinski definition) is 10. The van der Waals surface area contributed by atoms with Gasteiger partial charge >= 0.3 is 0 Å². The zero-order valence-corrected chi connectivity index (χ0v) is 23.2. The van der Waals surface area contributed by atoms with Crippen molar-refractivity contribution in [1.82, 2.24) is 34.6 Å². The van der Waals surface area contributed by atoms with Gasteiger partial charge in [0.05, 0.1) is 11.4 Å². The number of nitrogens with one attached hydrogen (secondary N) is 1. The third-order valence-electron chi connectivity index (χ3n) is 7.41. The highest BCUT2D eigenvalue weighted by atomic mass is 19.3. The Kier molecular flexibility index (Phi) is 6.68. The lowest BCUT2D eigenvalue weighted by Crippen LogP contribution is -2.66. The first-order valence-corrected chi connectivity index (χ1v) is 13.4. The molecule has 214 valence electrons. The molecule has 13 heteroatoms. The molecule has 6 rings (SSSR count). The van der Waals surface area contributed by atoms with Crippen molar-refractivity contribution in [3.63, 3.8) is 0 Å². The monoisotopic (exact) mass is 562 g/mol. The molecule has 0 radical (unpaired) electrons. The Labute approximate surface area is 236 Å². The summed E-state index contributed by atoms with van der Waals surface area (Å²) < 4.78 is 34.5. The molecular formula is C28H32F2N10O. The van der Waals surface area contributed by atoms with Crippen molar-refractivity contribution in [3.8, 4) is 28.4 Å². The van der Waals surface area contributed by atoms with E-state index in [2.05, 4.69) is 25.4 Å². The van der Waals surface area contributed by atoms with Crippen LogP contribution in [0.15, 0.2) is 48.8 Å². The standard InChI is InChI=1S/C28H32F2N10O/c1-38(2)10-11-41-22-12-18(20-8-9-32-25(31)34-20)4-6-21(22)35-26-36-24(37-39(26)3)19-5-7-23(33-13-19)40-16-27(17-40)14-28(29,30)15-27/h4-9,12-13H,10-11,14-17H2,1-3H3,(H2,31,32,34)(H,35,36,37). The second-order valence-electron chi connectivity index (χ2n) is 11.1. The van der Waals surface area contributed by atoms with Crippen LogP contribution in [-0.2, 0) is 7.05 Å². The van der Waals surface area contributed by atoms with Gasteiger partial charge in [-0.15, -0.1) is 5.10 Å². The number of pyridine rings is 1. The van der Waals surface area contributed by atoms with E-state index < -0.39 is 5.92 Å². The molecule has 1 spiro atoms. The highest BCUT2D eigenvalue weighted by molar-refractivity contribution is 5.72. The summed E-state index contributed by atoms with van der Waals surface area (Å²) in [6.07, 6.45) is 3.28. The van der Waals surface area contributed by atoms with Crippen LogP contribution in [0.25, 0.3) is 22.6 Å². The Morgan fingerprint density at radius 3 is 2.51 bits per heavy atom. The van der Waals surface area contributed by atoms with Crippen molar-refractivity contribution in [3.05, 3.63) is 48.8 Å². The number of nitrogens with two attached hydrogens (primary N) is 1. The molecule has 4 aromatic rings. The number of nitrogens with zero attached hydrogens (tertiary/aromatic N) is 8. The number of rotatable bonds is 9. The largest absolute Gasteiger partial charge is 0.490 e. The average Bonchev–Trinajstić information content (AvgIpc) is 3.26. The molecule has 4 heterocycles. The lowest BCUT2D eigenvalue weighted by molar-refractivity contribution is -0.170. The molecule has 41 heavy (non-hydrogen) atoms. The minimum Gasteiger partial charge on any atom is -0.490 e. The van der Waals surface area contributed by atoms with Gasteiger partial charge in [0, 0.05) is 68.5 Å². The Morgan fingerprint density at radius 2 is 1.83 bits per heavy atom. The Balaban J connectivity index is 1.18. The predicted molar refractivity (Wildman–Crippen MR) is 152 cm³/mol. The summed E-state index contributed by atoms with van der Waals surface area (Å²) in [4.78, 5) is 21.6. The summed E-state index contributed by atoms with van der Waals surface area (Å²) in [5.41, 5.74) is 8.54. The fourth-order valence-electron chi connectivity index (χ4n) is 5.41. The van der Waals surface area contributed by atoms with Crippen LogP contribution in [0.5, 0.6) is 5.75 Å². The van der Waals surface area contributed by atoms with E-state index in [0.29, 0.717) is 42.9 Å². The molecule has 11 nitrogen and oxygen atoms in total. The molecule has 0 bridgehead atoms. The number of ether oxygens (including phenoxy) is 1. The summed E-state index contributed by atoms with van der Waals surface area (Å²) in [5.74, 6) is 0.132. The van der Waals surface area contributed by atoms with E-state index in [9.17, 15) is 8.78 Å². The molecule has 1 aliphatic heterocycles. The molecule has 0 atom stereocenters. The Bertz CT molecular complexity index is 1540. The van der Waals surface area contributed by atoms with E-state index in [0.717, 1.165) is 29.2 Å². The SMILES string of the molecule is CN(C)CCOc1cc(-c2ccnc(N)n2)ccc1Nc1nc(-c2ccc(N3CC4(C3)CC(F)(F)C4)nc2)nn1C. The van der Waals surface area contributed by atoms with Crippen LogP contribution >= 0.6 is 0 Å². The summed E-state index contributed by atoms with van der Waals surface area (Å²) in [6, 6.07) is 11.3. The normalized spacial score (nSPS) is 16.9. The van der Waals surface area contributed by atoms with Gasteiger partial charge in [0.25, 0.3) is 0 Å². The molecule has 2 fully saturated rings. The number of anilines is 4. The lowest BCUT2D eigenvalue weighted by atomic mass is 9.61. The fraction of sp³-hybridized carbons (Fsp3) is 0.393. The molecule has 1 aliphatic carbocycles. The topological polar surface area (TPSA) is 123 Å². The summed E-state index contributed by atoms with van der Waals surface area (Å²) in [7, 11) is 5.78. The van der Waals surface area contributed by atoms with Crippen LogP contribution in [0.4, 0.5) is 32.2 Å². The molecule has 0 amide bonds. The van der Waals surface area contributed by atoms with Crippen molar-refractivity contribution in [2.45, 2.75) is 18.8 Å². The zero-order valence-electron chi connectivity index (χ0n) is 23.2. The van der Waals surface area contributed by atoms with Crippen LogP contribution in [0.2, 0.25) is 0 Å². The van der Waals surface area contributed by atoms with Crippen molar-refractivity contribution >= 4 is 23.4 Å². The van der Waals surface area contributed by atoms with Crippen molar-refractivity contribution in [1.29, 1.82) is 0 Å². The van der Waals surface area contributed by atoms with E-state index in [1.807, 2.05) is 54.2 Å². The van der Waals surface area contributed by atoms with Crippen LogP contribution in [0.3, 0.4) is 0 Å². The Morgan fingerprint density at radius 1 is 1.05 bits per heavy atom. The zero-order chi connectivity index (χ0) is 28.8. The van der Waals surface area contributed by atoms with Gasteiger partial charge in [0.2, 0.25) is 17.8 Å². The second-order valence-corrected chi connectivity index (χ2v) is 11.1. The third kappa shape index (κ3) is 5.62. The molecule has 1 saturated carbocycles. The van der Waals surface area contributed by atoms with Crippen LogP contribution < -0.4 is 20.7 Å². The van der Waals surface area contributed by atoms with Crippen LogP contribution in [-0.4, -0.2) is 80.9 Å². The van der Waals surface area contributed by atoms with Crippen molar-refractivity contribution in [2.75, 3.05) is 56.3 Å². The third-order valence-corrected chi connectivity index (χ3v) is 7.41. The van der Waals surface area contributed by atoms with Gasteiger partial charge < -0.3 is 25.6 Å². The van der Waals surface area contributed by atoms with E-state index >= 15 is 0 Å². The van der Waals surface area contributed by atoms with Gasteiger partial charge in [-0.25, -0.2) is 28.4 Å². The van der Waals surface area contributed by atoms with Gasteiger partial charge in [0.15, 0.2) is 5.82 Å². The number of nitrogen functional groups attached to an aromatic ring is 1. The number of halogens is 2. The first-order valence-electron chi connectivity index (χ1n) is 13.4.